The molecule has 10 aromatic carbocycles. The summed E-state index contributed by atoms with van der Waals surface area (Å²) >= 11 is 0. The molecule has 0 unspecified atom stereocenters. The first-order valence-electron chi connectivity index (χ1n) is 24.5. The van der Waals surface area contributed by atoms with Crippen molar-refractivity contribution in [3.8, 4) is 46.0 Å². The number of aryl methyl sites for hydroxylation is 4. The van der Waals surface area contributed by atoms with Gasteiger partial charge in [0.1, 0.15) is 0 Å². The number of hydrogen-bond donors (Lipinski definition) is 0. The van der Waals surface area contributed by atoms with Crippen molar-refractivity contribution in [3.05, 3.63) is 228 Å². The molecule has 0 fully saturated rings. The molecule has 0 aliphatic heterocycles. The number of rotatable bonds is 5. The minimum atomic E-state index is 0.462. The number of hydrogen-bond acceptors (Lipinski definition) is 2. The van der Waals surface area contributed by atoms with Crippen molar-refractivity contribution in [2.75, 3.05) is 0 Å². The van der Waals surface area contributed by atoms with Crippen LogP contribution in [-0.2, 0) is 0 Å². The monoisotopic (exact) mass is 920 g/mol. The lowest BCUT2D eigenvalue weighted by Crippen LogP contribution is -2.07. The van der Waals surface area contributed by atoms with Crippen LogP contribution in [0.5, 0.6) is 0 Å². The Bertz CT molecular complexity index is 4460. The van der Waals surface area contributed by atoms with Crippen LogP contribution in [0.1, 0.15) is 33.4 Å². The Morgan fingerprint density at radius 3 is 0.764 bits per heavy atom. The topological polar surface area (TPSA) is 67.3 Å². The highest BCUT2D eigenvalue weighted by Gasteiger charge is 2.27. The quantitative estimate of drug-likeness (QED) is 0.173. The van der Waals surface area contributed by atoms with Gasteiger partial charge >= 0.3 is 0 Å². The molecule has 6 heteroatoms. The number of benzene rings is 10. The minimum Gasteiger partial charge on any atom is -0.307 e. The van der Waals surface area contributed by atoms with Crippen LogP contribution in [0.3, 0.4) is 0 Å². The van der Waals surface area contributed by atoms with Gasteiger partial charge < -0.3 is 18.3 Å². The van der Waals surface area contributed by atoms with Gasteiger partial charge in [0.2, 0.25) is 0 Å². The van der Waals surface area contributed by atoms with Crippen molar-refractivity contribution >= 4 is 87.2 Å². The third kappa shape index (κ3) is 5.87. The average molecular weight is 921 g/mol. The minimum absolute atomic E-state index is 0.462. The molecule has 0 atom stereocenters. The van der Waals surface area contributed by atoms with Crippen LogP contribution in [0, 0.1) is 50.4 Å². The fraction of sp³-hybridized carbons (Fsp3) is 0.0606. The van der Waals surface area contributed by atoms with E-state index in [1.165, 1.54) is 22.3 Å². The van der Waals surface area contributed by atoms with E-state index in [1.807, 2.05) is 0 Å². The van der Waals surface area contributed by atoms with Crippen LogP contribution in [0.25, 0.3) is 121 Å². The first-order chi connectivity index (χ1) is 35.3. The summed E-state index contributed by atoms with van der Waals surface area (Å²) in [6, 6.07) is 74.6. The Hall–Kier alpha value is -9.62. The summed E-state index contributed by atoms with van der Waals surface area (Å²) in [5, 5.41) is 32.3. The number of nitriles is 2. The molecule has 0 spiro atoms. The summed E-state index contributed by atoms with van der Waals surface area (Å²) in [5.74, 6) is 0. The molecule has 0 radical (unpaired) electrons. The van der Waals surface area contributed by atoms with E-state index < -0.39 is 0 Å². The maximum absolute atomic E-state index is 11.6. The summed E-state index contributed by atoms with van der Waals surface area (Å²) in [6.45, 7) is 8.55. The molecule has 14 rings (SSSR count). The van der Waals surface area contributed by atoms with Gasteiger partial charge in [-0.05, 0) is 125 Å². The molecular formula is C66H44N6. The van der Waals surface area contributed by atoms with Crippen molar-refractivity contribution in [3.63, 3.8) is 0 Å². The maximum Gasteiger partial charge on any atom is 0.0999 e. The zero-order chi connectivity index (χ0) is 48.5. The third-order valence-electron chi connectivity index (χ3n) is 15.0. The van der Waals surface area contributed by atoms with Gasteiger partial charge in [0.05, 0.1) is 90.1 Å². The van der Waals surface area contributed by atoms with Crippen molar-refractivity contribution in [1.82, 2.24) is 18.3 Å². The Labute approximate surface area is 415 Å². The van der Waals surface area contributed by atoms with E-state index >= 15 is 0 Å². The smallest absolute Gasteiger partial charge is 0.0999 e. The summed E-state index contributed by atoms with van der Waals surface area (Å²) in [5.41, 5.74) is 18.8. The molecule has 338 valence electrons. The molecule has 0 saturated heterocycles. The Kier molecular flexibility index (Phi) is 8.87. The molecular weight excluding hydrogens is 877 g/mol. The SMILES string of the molecule is Cc1ccc2c(c1)c1ccccc1n2-c1cc(C#N)c(-c2cc(-n3c4ccccc4c4cc(C)ccc43)c(-n3c4ccccc4c4cc(C)ccc43)cc2C#N)cc1-n1c2ccccc2c2cc(C)ccc21. The Morgan fingerprint density at radius 2 is 0.500 bits per heavy atom. The zero-order valence-corrected chi connectivity index (χ0v) is 40.2. The molecule has 6 nitrogen and oxygen atoms in total. The summed E-state index contributed by atoms with van der Waals surface area (Å²) in [6.07, 6.45) is 0. The molecule has 0 aliphatic rings. The van der Waals surface area contributed by atoms with Gasteiger partial charge in [-0.15, -0.1) is 0 Å². The van der Waals surface area contributed by atoms with E-state index in [-0.39, 0.29) is 0 Å². The average Bonchev–Trinajstić information content (AvgIpc) is 4.12. The first kappa shape index (κ1) is 41.4. The van der Waals surface area contributed by atoms with Crippen molar-refractivity contribution in [2.24, 2.45) is 0 Å². The predicted molar refractivity (Wildman–Crippen MR) is 298 cm³/mol. The Morgan fingerprint density at radius 1 is 0.264 bits per heavy atom. The molecule has 0 saturated carbocycles. The van der Waals surface area contributed by atoms with Crippen molar-refractivity contribution in [1.29, 1.82) is 10.5 Å². The molecule has 14 aromatic rings. The molecule has 0 N–H and O–H groups in total. The second-order valence-electron chi connectivity index (χ2n) is 19.5. The van der Waals surface area contributed by atoms with Crippen LogP contribution in [0.2, 0.25) is 0 Å². The normalized spacial score (nSPS) is 11.9. The maximum atomic E-state index is 11.6. The molecule has 4 aromatic heterocycles. The van der Waals surface area contributed by atoms with E-state index in [2.05, 4.69) is 252 Å². The molecule has 72 heavy (non-hydrogen) atoms. The van der Waals surface area contributed by atoms with E-state index in [4.69, 9.17) is 0 Å². The summed E-state index contributed by atoms with van der Waals surface area (Å²) < 4.78 is 9.36. The van der Waals surface area contributed by atoms with Gasteiger partial charge in [0.15, 0.2) is 0 Å². The lowest BCUT2D eigenvalue weighted by Gasteiger charge is -2.22. The van der Waals surface area contributed by atoms with Gasteiger partial charge in [0, 0.05) is 54.2 Å². The second kappa shape index (κ2) is 15.4. The van der Waals surface area contributed by atoms with Gasteiger partial charge in [-0.25, -0.2) is 0 Å². The number of fused-ring (bicyclic) bond motifs is 12. The van der Waals surface area contributed by atoms with Crippen LogP contribution in [-0.4, -0.2) is 18.3 Å². The molecule has 0 bridgehead atoms. The largest absolute Gasteiger partial charge is 0.307 e. The fourth-order valence-corrected chi connectivity index (χ4v) is 11.9. The number of aromatic nitrogens is 4. The number of para-hydroxylation sites is 4. The van der Waals surface area contributed by atoms with Gasteiger partial charge in [-0.2, -0.15) is 10.5 Å². The lowest BCUT2D eigenvalue weighted by atomic mass is 9.93. The summed E-state index contributed by atoms with van der Waals surface area (Å²) in [7, 11) is 0. The van der Waals surface area contributed by atoms with Crippen LogP contribution in [0.4, 0.5) is 0 Å². The van der Waals surface area contributed by atoms with E-state index in [9.17, 15) is 10.5 Å². The zero-order valence-electron chi connectivity index (χ0n) is 40.2. The van der Waals surface area contributed by atoms with Crippen LogP contribution >= 0.6 is 0 Å². The summed E-state index contributed by atoms with van der Waals surface area (Å²) in [4.78, 5) is 0. The van der Waals surface area contributed by atoms with E-state index in [0.29, 0.717) is 22.3 Å². The molecule has 0 aliphatic carbocycles. The number of nitrogens with zero attached hydrogens (tertiary/aromatic N) is 6. The highest BCUT2D eigenvalue weighted by molar-refractivity contribution is 6.14. The van der Waals surface area contributed by atoms with Crippen LogP contribution in [0.15, 0.2) is 194 Å². The fourth-order valence-electron chi connectivity index (χ4n) is 11.9. The van der Waals surface area contributed by atoms with E-state index in [0.717, 1.165) is 110 Å². The van der Waals surface area contributed by atoms with Gasteiger partial charge in [0.25, 0.3) is 0 Å². The van der Waals surface area contributed by atoms with Gasteiger partial charge in [-0.3, -0.25) is 0 Å². The van der Waals surface area contributed by atoms with Gasteiger partial charge in [-0.1, -0.05) is 119 Å². The highest BCUT2D eigenvalue weighted by Crippen LogP contribution is 2.45. The third-order valence-corrected chi connectivity index (χ3v) is 15.0. The van der Waals surface area contributed by atoms with Crippen LogP contribution < -0.4 is 0 Å². The van der Waals surface area contributed by atoms with Crippen molar-refractivity contribution < 1.29 is 0 Å². The Balaban J connectivity index is 1.16. The van der Waals surface area contributed by atoms with Crippen molar-refractivity contribution in [2.45, 2.75) is 27.7 Å². The highest BCUT2D eigenvalue weighted by atomic mass is 15.1. The standard InChI is InChI=1S/C66H44N6/c1-39-21-25-59-51(29-39)45-13-5-9-17-55(45)69(59)63-33-43(37-67)49(35-65(63)71-57-19-11-7-15-47(57)53-31-41(3)23-27-61(53)71)50-36-66(72-58-20-12-8-16-48(58)54-32-42(4)24-28-62(54)72)64(34-44(50)38-68)70-56-18-10-6-14-46(56)52-30-40(2)22-26-60(52)70/h5-36H,1-4H3. The van der Waals surface area contributed by atoms with E-state index in [1.54, 1.807) is 0 Å². The molecule has 4 heterocycles. The molecule has 0 amide bonds. The predicted octanol–water partition coefficient (Wildman–Crippen LogP) is 16.7. The lowest BCUT2D eigenvalue weighted by molar-refractivity contribution is 1.09. The first-order valence-corrected chi connectivity index (χ1v) is 24.5. The second-order valence-corrected chi connectivity index (χ2v) is 19.5.